The normalized spacial score (nSPS) is 16.0. The lowest BCUT2D eigenvalue weighted by Gasteiger charge is -2.26. The molecule has 33 heavy (non-hydrogen) atoms. The van der Waals surface area contributed by atoms with Crippen LogP contribution in [-0.4, -0.2) is 46.3 Å². The van der Waals surface area contributed by atoms with Gasteiger partial charge in [-0.2, -0.15) is 4.98 Å². The number of hydrogen-bond acceptors (Lipinski definition) is 8. The van der Waals surface area contributed by atoms with Crippen molar-refractivity contribution in [2.24, 2.45) is 0 Å². The minimum atomic E-state index is -3.96. The lowest BCUT2D eigenvalue weighted by atomic mass is 10.1. The molecule has 3 aromatic rings. The molecule has 0 N–H and O–H groups in total. The van der Waals surface area contributed by atoms with Gasteiger partial charge in [0, 0.05) is 24.7 Å². The summed E-state index contributed by atoms with van der Waals surface area (Å²) in [7, 11) is -3.96. The molecule has 0 saturated carbocycles. The van der Waals surface area contributed by atoms with E-state index in [1.165, 1.54) is 12.1 Å². The van der Waals surface area contributed by atoms with E-state index in [2.05, 4.69) is 4.98 Å². The van der Waals surface area contributed by atoms with Crippen LogP contribution in [-0.2, 0) is 9.84 Å². The Hall–Kier alpha value is -3.20. The molecule has 1 saturated heterocycles. The molecule has 3 heterocycles. The fraction of sp³-hybridized carbons (Fsp3) is 0.375. The molecule has 0 spiro atoms. The molecular weight excluding hydrogens is 444 g/mol. The molecule has 0 bridgehead atoms. The van der Waals surface area contributed by atoms with Crippen molar-refractivity contribution >= 4 is 15.7 Å². The lowest BCUT2D eigenvalue weighted by Crippen LogP contribution is -2.30. The standard InChI is InChI=1S/C24H26N2O6S/c1-2-29-18-8-6-17(7-9-18)22-25-23(24(32-22)26-12-4-3-5-13-26)33(27,28)19-10-11-20-21(16-19)31-15-14-30-20/h6-11,16H,2-5,12-15H2,1H3. The summed E-state index contributed by atoms with van der Waals surface area (Å²) in [6.07, 6.45) is 3.06. The zero-order valence-corrected chi connectivity index (χ0v) is 19.3. The molecule has 2 aromatic carbocycles. The van der Waals surface area contributed by atoms with E-state index in [1.54, 1.807) is 6.07 Å². The van der Waals surface area contributed by atoms with Gasteiger partial charge in [0.15, 0.2) is 11.5 Å². The van der Waals surface area contributed by atoms with E-state index < -0.39 is 9.84 Å². The van der Waals surface area contributed by atoms with Gasteiger partial charge in [-0.3, -0.25) is 0 Å². The van der Waals surface area contributed by atoms with Crippen LogP contribution >= 0.6 is 0 Å². The summed E-state index contributed by atoms with van der Waals surface area (Å²) in [6.45, 7) is 4.74. The first-order valence-corrected chi connectivity index (χ1v) is 12.7. The molecule has 5 rings (SSSR count). The lowest BCUT2D eigenvalue weighted by molar-refractivity contribution is 0.171. The monoisotopic (exact) mass is 470 g/mol. The number of aromatic nitrogens is 1. The molecule has 0 unspecified atom stereocenters. The Morgan fingerprint density at radius 1 is 0.970 bits per heavy atom. The van der Waals surface area contributed by atoms with Crippen molar-refractivity contribution in [1.29, 1.82) is 0 Å². The van der Waals surface area contributed by atoms with Gasteiger partial charge in [-0.25, -0.2) is 8.42 Å². The molecular formula is C24H26N2O6S. The summed E-state index contributed by atoms with van der Waals surface area (Å²) >= 11 is 0. The third-order valence-electron chi connectivity index (χ3n) is 5.71. The van der Waals surface area contributed by atoms with Crippen LogP contribution in [0.15, 0.2) is 56.8 Å². The number of anilines is 1. The number of fused-ring (bicyclic) bond motifs is 1. The van der Waals surface area contributed by atoms with Crippen molar-refractivity contribution in [3.8, 4) is 28.7 Å². The minimum Gasteiger partial charge on any atom is -0.494 e. The van der Waals surface area contributed by atoms with Gasteiger partial charge in [-0.05, 0) is 62.6 Å². The average molecular weight is 471 g/mol. The smallest absolute Gasteiger partial charge is 0.236 e. The van der Waals surface area contributed by atoms with Crippen LogP contribution in [0.25, 0.3) is 11.5 Å². The van der Waals surface area contributed by atoms with Gasteiger partial charge >= 0.3 is 0 Å². The first-order valence-electron chi connectivity index (χ1n) is 11.2. The highest BCUT2D eigenvalue weighted by atomic mass is 32.2. The minimum absolute atomic E-state index is 0.0787. The van der Waals surface area contributed by atoms with Crippen molar-refractivity contribution in [3.05, 3.63) is 42.5 Å². The average Bonchev–Trinajstić information content (AvgIpc) is 3.31. The van der Waals surface area contributed by atoms with Gasteiger partial charge < -0.3 is 23.5 Å². The number of benzene rings is 2. The highest BCUT2D eigenvalue weighted by molar-refractivity contribution is 7.91. The maximum atomic E-state index is 13.7. The van der Waals surface area contributed by atoms with E-state index in [4.69, 9.17) is 18.6 Å². The fourth-order valence-electron chi connectivity index (χ4n) is 4.06. The molecule has 2 aliphatic heterocycles. The largest absolute Gasteiger partial charge is 0.494 e. The number of piperidine rings is 1. The highest BCUT2D eigenvalue weighted by Crippen LogP contribution is 2.39. The van der Waals surface area contributed by atoms with Crippen molar-refractivity contribution < 1.29 is 27.0 Å². The Bertz CT molecular complexity index is 1230. The zero-order valence-electron chi connectivity index (χ0n) is 18.5. The Morgan fingerprint density at radius 3 is 2.42 bits per heavy atom. The molecule has 8 nitrogen and oxygen atoms in total. The fourth-order valence-corrected chi connectivity index (χ4v) is 5.39. The summed E-state index contributed by atoms with van der Waals surface area (Å²) in [5.74, 6) is 2.22. The number of hydrogen-bond donors (Lipinski definition) is 0. The Balaban J connectivity index is 1.57. The molecule has 0 radical (unpaired) electrons. The topological polar surface area (TPSA) is 91.1 Å². The molecule has 2 aliphatic rings. The summed E-state index contributed by atoms with van der Waals surface area (Å²) in [4.78, 5) is 6.55. The van der Waals surface area contributed by atoms with Crippen molar-refractivity contribution in [1.82, 2.24) is 4.98 Å². The van der Waals surface area contributed by atoms with Crippen molar-refractivity contribution in [3.63, 3.8) is 0 Å². The van der Waals surface area contributed by atoms with E-state index in [-0.39, 0.29) is 21.7 Å². The highest BCUT2D eigenvalue weighted by Gasteiger charge is 2.33. The molecule has 174 valence electrons. The van der Waals surface area contributed by atoms with Gasteiger partial charge in [-0.1, -0.05) is 0 Å². The van der Waals surface area contributed by atoms with Gasteiger partial charge in [0.1, 0.15) is 19.0 Å². The number of rotatable bonds is 6. The summed E-state index contributed by atoms with van der Waals surface area (Å²) in [5.41, 5.74) is 0.681. The predicted molar refractivity (Wildman–Crippen MR) is 122 cm³/mol. The van der Waals surface area contributed by atoms with E-state index in [0.29, 0.717) is 36.9 Å². The van der Waals surface area contributed by atoms with Crippen molar-refractivity contribution in [2.75, 3.05) is 37.8 Å². The number of nitrogens with zero attached hydrogens (tertiary/aromatic N) is 2. The van der Waals surface area contributed by atoms with E-state index in [0.717, 1.165) is 38.1 Å². The van der Waals surface area contributed by atoms with E-state index in [1.807, 2.05) is 36.1 Å². The van der Waals surface area contributed by atoms with Gasteiger partial charge in [0.2, 0.25) is 26.6 Å². The first kappa shape index (κ1) is 21.6. The van der Waals surface area contributed by atoms with Crippen LogP contribution in [0, 0.1) is 0 Å². The number of ether oxygens (including phenoxy) is 3. The van der Waals surface area contributed by atoms with Gasteiger partial charge in [0.05, 0.1) is 11.5 Å². The van der Waals surface area contributed by atoms with Crippen LogP contribution in [0.5, 0.6) is 17.2 Å². The molecule has 0 atom stereocenters. The molecule has 1 aromatic heterocycles. The van der Waals surface area contributed by atoms with E-state index in [9.17, 15) is 8.42 Å². The number of sulfone groups is 1. The third kappa shape index (κ3) is 4.25. The van der Waals surface area contributed by atoms with Crippen LogP contribution in [0.1, 0.15) is 26.2 Å². The Morgan fingerprint density at radius 2 is 1.70 bits per heavy atom. The second-order valence-corrected chi connectivity index (χ2v) is 9.81. The second kappa shape index (κ2) is 8.97. The zero-order chi connectivity index (χ0) is 22.8. The first-order chi connectivity index (χ1) is 16.1. The summed E-state index contributed by atoms with van der Waals surface area (Å²) < 4.78 is 50.1. The summed E-state index contributed by atoms with van der Waals surface area (Å²) in [6, 6.07) is 11.9. The Labute approximate surface area is 193 Å². The Kier molecular flexibility index (Phi) is 5.88. The molecule has 9 heteroatoms. The number of oxazole rings is 1. The quantitative estimate of drug-likeness (QED) is 0.526. The maximum absolute atomic E-state index is 13.7. The molecule has 0 aliphatic carbocycles. The third-order valence-corrected chi connectivity index (χ3v) is 7.36. The van der Waals surface area contributed by atoms with Crippen LogP contribution in [0.3, 0.4) is 0 Å². The van der Waals surface area contributed by atoms with E-state index >= 15 is 0 Å². The van der Waals surface area contributed by atoms with Crippen LogP contribution < -0.4 is 19.1 Å². The van der Waals surface area contributed by atoms with Crippen LogP contribution in [0.4, 0.5) is 5.88 Å². The molecule has 1 fully saturated rings. The van der Waals surface area contributed by atoms with Crippen LogP contribution in [0.2, 0.25) is 0 Å². The van der Waals surface area contributed by atoms with Gasteiger partial charge in [-0.15, -0.1) is 0 Å². The predicted octanol–water partition coefficient (Wildman–Crippen LogP) is 4.33. The maximum Gasteiger partial charge on any atom is 0.236 e. The van der Waals surface area contributed by atoms with Gasteiger partial charge in [0.25, 0.3) is 0 Å². The second-order valence-electron chi connectivity index (χ2n) is 7.94. The summed E-state index contributed by atoms with van der Waals surface area (Å²) in [5, 5.41) is -0.0787. The SMILES string of the molecule is CCOc1ccc(-c2nc(S(=O)(=O)c3ccc4c(c3)OCCO4)c(N3CCCCC3)o2)cc1. The molecule has 0 amide bonds. The van der Waals surface area contributed by atoms with Crippen molar-refractivity contribution in [2.45, 2.75) is 36.1 Å².